The fourth-order valence-electron chi connectivity index (χ4n) is 2.45. The van der Waals surface area contributed by atoms with Crippen LogP contribution in [0, 0.1) is 0 Å². The SMILES string of the molecule is O=C(O)N1CCCC(n2cnc(-c3ccn[nH]3)c2)C1. The number of amides is 1. The number of piperidine rings is 1. The zero-order chi connectivity index (χ0) is 13.2. The van der Waals surface area contributed by atoms with Crippen molar-refractivity contribution in [1.82, 2.24) is 24.6 Å². The van der Waals surface area contributed by atoms with Gasteiger partial charge in [0.1, 0.15) is 5.69 Å². The van der Waals surface area contributed by atoms with Gasteiger partial charge in [0, 0.05) is 25.5 Å². The van der Waals surface area contributed by atoms with Crippen molar-refractivity contribution < 1.29 is 9.90 Å². The average Bonchev–Trinajstić information content (AvgIpc) is 3.09. The minimum Gasteiger partial charge on any atom is -0.465 e. The summed E-state index contributed by atoms with van der Waals surface area (Å²) in [4.78, 5) is 16.8. The molecule has 1 unspecified atom stereocenters. The lowest BCUT2D eigenvalue weighted by Gasteiger charge is -2.31. The normalized spacial score (nSPS) is 19.6. The van der Waals surface area contributed by atoms with E-state index < -0.39 is 6.09 Å². The molecule has 0 spiro atoms. The van der Waals surface area contributed by atoms with Gasteiger partial charge in [0.15, 0.2) is 0 Å². The molecule has 2 aromatic rings. The molecule has 19 heavy (non-hydrogen) atoms. The summed E-state index contributed by atoms with van der Waals surface area (Å²) in [6.45, 7) is 1.14. The van der Waals surface area contributed by atoms with Gasteiger partial charge in [-0.25, -0.2) is 9.78 Å². The number of likely N-dealkylation sites (tertiary alicyclic amines) is 1. The molecule has 3 heterocycles. The molecule has 0 saturated carbocycles. The van der Waals surface area contributed by atoms with Crippen molar-refractivity contribution in [1.29, 1.82) is 0 Å². The molecule has 7 heteroatoms. The van der Waals surface area contributed by atoms with Crippen LogP contribution in [0.4, 0.5) is 4.79 Å². The first-order valence-electron chi connectivity index (χ1n) is 6.25. The number of nitrogens with one attached hydrogen (secondary N) is 1. The Balaban J connectivity index is 1.77. The third-order valence-electron chi connectivity index (χ3n) is 3.47. The Morgan fingerprint density at radius 1 is 1.53 bits per heavy atom. The third-order valence-corrected chi connectivity index (χ3v) is 3.47. The number of rotatable bonds is 2. The zero-order valence-corrected chi connectivity index (χ0v) is 10.4. The van der Waals surface area contributed by atoms with Gasteiger partial charge in [-0.3, -0.25) is 5.10 Å². The fourth-order valence-corrected chi connectivity index (χ4v) is 2.45. The van der Waals surface area contributed by atoms with Gasteiger partial charge in [-0.2, -0.15) is 5.10 Å². The molecule has 1 atom stereocenters. The van der Waals surface area contributed by atoms with Gasteiger partial charge in [0.2, 0.25) is 0 Å². The van der Waals surface area contributed by atoms with Gasteiger partial charge in [0.25, 0.3) is 0 Å². The minimum absolute atomic E-state index is 0.161. The molecular formula is C12H15N5O2. The van der Waals surface area contributed by atoms with Crippen LogP contribution in [0.1, 0.15) is 18.9 Å². The lowest BCUT2D eigenvalue weighted by molar-refractivity contribution is 0.121. The van der Waals surface area contributed by atoms with E-state index in [-0.39, 0.29) is 6.04 Å². The zero-order valence-electron chi connectivity index (χ0n) is 10.4. The molecule has 0 radical (unpaired) electrons. The van der Waals surface area contributed by atoms with E-state index >= 15 is 0 Å². The highest BCUT2D eigenvalue weighted by molar-refractivity contribution is 5.65. The van der Waals surface area contributed by atoms with Crippen molar-refractivity contribution in [3.8, 4) is 11.4 Å². The standard InChI is InChI=1S/C12H15N5O2/c18-12(19)16-5-1-2-9(6-16)17-7-11(13-8-17)10-3-4-14-15-10/h3-4,7-9H,1-2,5-6H2,(H,14,15)(H,18,19). The van der Waals surface area contributed by atoms with E-state index in [1.165, 1.54) is 4.90 Å². The van der Waals surface area contributed by atoms with E-state index in [9.17, 15) is 4.79 Å². The molecule has 1 aliphatic heterocycles. The summed E-state index contributed by atoms with van der Waals surface area (Å²) in [6, 6.07) is 2.02. The maximum Gasteiger partial charge on any atom is 0.407 e. The third kappa shape index (κ3) is 2.31. The van der Waals surface area contributed by atoms with Crippen LogP contribution >= 0.6 is 0 Å². The number of carboxylic acid groups (broad SMARTS) is 1. The van der Waals surface area contributed by atoms with Crippen LogP contribution in [0.25, 0.3) is 11.4 Å². The van der Waals surface area contributed by atoms with E-state index in [0.717, 1.165) is 24.2 Å². The highest BCUT2D eigenvalue weighted by Crippen LogP contribution is 2.23. The summed E-state index contributed by atoms with van der Waals surface area (Å²) in [5.41, 5.74) is 1.69. The summed E-state index contributed by atoms with van der Waals surface area (Å²) in [7, 11) is 0. The van der Waals surface area contributed by atoms with Crippen molar-refractivity contribution >= 4 is 6.09 Å². The molecule has 7 nitrogen and oxygen atoms in total. The van der Waals surface area contributed by atoms with Crippen LogP contribution in [0.3, 0.4) is 0 Å². The number of aromatic nitrogens is 4. The molecule has 1 saturated heterocycles. The maximum atomic E-state index is 11.0. The first-order valence-corrected chi connectivity index (χ1v) is 6.25. The molecule has 2 N–H and O–H groups in total. The number of hydrogen-bond acceptors (Lipinski definition) is 3. The Kier molecular flexibility index (Phi) is 2.94. The van der Waals surface area contributed by atoms with E-state index in [1.54, 1.807) is 12.5 Å². The fraction of sp³-hybridized carbons (Fsp3) is 0.417. The monoisotopic (exact) mass is 261 g/mol. The van der Waals surface area contributed by atoms with Crippen molar-refractivity contribution in [3.05, 3.63) is 24.8 Å². The Morgan fingerprint density at radius 3 is 3.16 bits per heavy atom. The molecule has 0 aromatic carbocycles. The second-order valence-corrected chi connectivity index (χ2v) is 4.70. The number of nitrogens with zero attached hydrogens (tertiary/aromatic N) is 4. The molecule has 1 fully saturated rings. The van der Waals surface area contributed by atoms with Gasteiger partial charge in [0.05, 0.1) is 18.1 Å². The molecule has 1 amide bonds. The summed E-state index contributed by atoms with van der Waals surface area (Å²) in [6.07, 6.45) is 6.38. The predicted octanol–water partition coefficient (Wildman–Crippen LogP) is 1.59. The van der Waals surface area contributed by atoms with Gasteiger partial charge in [-0.15, -0.1) is 0 Å². The van der Waals surface area contributed by atoms with E-state index in [2.05, 4.69) is 15.2 Å². The van der Waals surface area contributed by atoms with Gasteiger partial charge >= 0.3 is 6.09 Å². The van der Waals surface area contributed by atoms with Gasteiger partial charge in [-0.05, 0) is 18.9 Å². The largest absolute Gasteiger partial charge is 0.465 e. The lowest BCUT2D eigenvalue weighted by atomic mass is 10.1. The molecule has 1 aliphatic rings. The quantitative estimate of drug-likeness (QED) is 0.859. The van der Waals surface area contributed by atoms with Crippen molar-refractivity contribution in [2.24, 2.45) is 0 Å². The van der Waals surface area contributed by atoms with Crippen LogP contribution in [0.15, 0.2) is 24.8 Å². The van der Waals surface area contributed by atoms with Crippen LogP contribution < -0.4 is 0 Å². The first-order chi connectivity index (χ1) is 9.24. The van der Waals surface area contributed by atoms with E-state index in [0.29, 0.717) is 13.1 Å². The van der Waals surface area contributed by atoms with Crippen molar-refractivity contribution in [2.45, 2.75) is 18.9 Å². The summed E-state index contributed by atoms with van der Waals surface area (Å²) >= 11 is 0. The predicted molar refractivity (Wildman–Crippen MR) is 67.7 cm³/mol. The average molecular weight is 261 g/mol. The Labute approximate surface area is 109 Å². The highest BCUT2D eigenvalue weighted by Gasteiger charge is 2.24. The van der Waals surface area contributed by atoms with Crippen LogP contribution in [-0.4, -0.2) is 48.9 Å². The number of carbonyl (C=O) groups is 1. The number of H-pyrrole nitrogens is 1. The lowest BCUT2D eigenvalue weighted by Crippen LogP contribution is -2.39. The molecule has 2 aromatic heterocycles. The topological polar surface area (TPSA) is 87.0 Å². The van der Waals surface area contributed by atoms with E-state index in [4.69, 9.17) is 5.11 Å². The molecule has 0 aliphatic carbocycles. The van der Waals surface area contributed by atoms with Crippen LogP contribution in [-0.2, 0) is 0 Å². The molecular weight excluding hydrogens is 246 g/mol. The number of aromatic amines is 1. The second-order valence-electron chi connectivity index (χ2n) is 4.70. The highest BCUT2D eigenvalue weighted by atomic mass is 16.4. The van der Waals surface area contributed by atoms with E-state index in [1.807, 2.05) is 16.8 Å². The Bertz CT molecular complexity index is 562. The van der Waals surface area contributed by atoms with Crippen LogP contribution in [0.5, 0.6) is 0 Å². The van der Waals surface area contributed by atoms with Gasteiger partial charge in [-0.1, -0.05) is 0 Å². The number of imidazole rings is 1. The Hall–Kier alpha value is -2.31. The molecule has 3 rings (SSSR count). The summed E-state index contributed by atoms with van der Waals surface area (Å²) in [5, 5.41) is 15.8. The van der Waals surface area contributed by atoms with Crippen molar-refractivity contribution in [2.75, 3.05) is 13.1 Å². The molecule has 100 valence electrons. The minimum atomic E-state index is -0.849. The summed E-state index contributed by atoms with van der Waals surface area (Å²) < 4.78 is 1.99. The number of hydrogen-bond donors (Lipinski definition) is 2. The maximum absolute atomic E-state index is 11.0. The Morgan fingerprint density at radius 2 is 2.42 bits per heavy atom. The van der Waals surface area contributed by atoms with Gasteiger partial charge < -0.3 is 14.6 Å². The smallest absolute Gasteiger partial charge is 0.407 e. The second kappa shape index (κ2) is 4.75. The first kappa shape index (κ1) is 11.8. The summed E-state index contributed by atoms with van der Waals surface area (Å²) in [5.74, 6) is 0. The van der Waals surface area contributed by atoms with Crippen molar-refractivity contribution in [3.63, 3.8) is 0 Å². The molecule has 0 bridgehead atoms. The van der Waals surface area contributed by atoms with Crippen LogP contribution in [0.2, 0.25) is 0 Å².